The molecular formula is C19H20FNO4. The number of carboxylic acids is 1. The van der Waals surface area contributed by atoms with Crippen molar-refractivity contribution in [3.05, 3.63) is 65.0 Å². The summed E-state index contributed by atoms with van der Waals surface area (Å²) in [4.78, 5) is 22.6. The summed E-state index contributed by atoms with van der Waals surface area (Å²) in [7, 11) is 0. The Hall–Kier alpha value is -2.89. The molecule has 0 unspecified atom stereocenters. The molecule has 0 spiro atoms. The van der Waals surface area contributed by atoms with E-state index in [9.17, 15) is 14.0 Å². The van der Waals surface area contributed by atoms with Crippen LogP contribution in [0.25, 0.3) is 0 Å². The lowest BCUT2D eigenvalue weighted by atomic mass is 10.1. The first kappa shape index (κ1) is 18.4. The number of hydrogen-bond acceptors (Lipinski definition) is 3. The second kappa shape index (κ2) is 8.82. The van der Waals surface area contributed by atoms with E-state index in [1.807, 2.05) is 12.1 Å². The number of aryl methyl sites for hydroxylation is 1. The van der Waals surface area contributed by atoms with Gasteiger partial charge >= 0.3 is 5.97 Å². The second-order valence-electron chi connectivity index (χ2n) is 5.63. The van der Waals surface area contributed by atoms with Gasteiger partial charge in [-0.15, -0.1) is 0 Å². The number of rotatable bonds is 8. The van der Waals surface area contributed by atoms with Crippen LogP contribution in [0.3, 0.4) is 0 Å². The first-order chi connectivity index (χ1) is 12.0. The molecule has 0 aliphatic rings. The van der Waals surface area contributed by atoms with Crippen molar-refractivity contribution in [3.8, 4) is 5.75 Å². The number of carboxylic acid groups (broad SMARTS) is 1. The second-order valence-corrected chi connectivity index (χ2v) is 5.63. The van der Waals surface area contributed by atoms with E-state index >= 15 is 0 Å². The van der Waals surface area contributed by atoms with Crippen LogP contribution in [-0.2, 0) is 11.3 Å². The van der Waals surface area contributed by atoms with Gasteiger partial charge in [0.15, 0.2) is 0 Å². The van der Waals surface area contributed by atoms with Gasteiger partial charge in [-0.1, -0.05) is 18.2 Å². The minimum absolute atomic E-state index is 0.0730. The first-order valence-electron chi connectivity index (χ1n) is 7.93. The largest absolute Gasteiger partial charge is 0.494 e. The van der Waals surface area contributed by atoms with E-state index in [4.69, 9.17) is 9.84 Å². The van der Waals surface area contributed by atoms with Crippen LogP contribution in [0.2, 0.25) is 0 Å². The lowest BCUT2D eigenvalue weighted by molar-refractivity contribution is -0.137. The summed E-state index contributed by atoms with van der Waals surface area (Å²) in [5.74, 6) is -0.976. The third-order valence-electron chi connectivity index (χ3n) is 3.62. The van der Waals surface area contributed by atoms with Crippen LogP contribution in [0.5, 0.6) is 5.75 Å². The highest BCUT2D eigenvalue weighted by Gasteiger charge is 2.09. The van der Waals surface area contributed by atoms with Crippen molar-refractivity contribution >= 4 is 11.9 Å². The number of carbonyl (C=O) groups excluding carboxylic acids is 1. The summed E-state index contributed by atoms with van der Waals surface area (Å²) in [6.07, 6.45) is 0.518. The quantitative estimate of drug-likeness (QED) is 0.720. The third-order valence-corrected chi connectivity index (χ3v) is 3.62. The number of carbonyl (C=O) groups is 2. The zero-order chi connectivity index (χ0) is 18.2. The van der Waals surface area contributed by atoms with E-state index in [2.05, 4.69) is 5.32 Å². The monoisotopic (exact) mass is 345 g/mol. The third kappa shape index (κ3) is 5.91. The van der Waals surface area contributed by atoms with Crippen molar-refractivity contribution in [1.29, 1.82) is 0 Å². The van der Waals surface area contributed by atoms with Gasteiger partial charge in [0, 0.05) is 18.5 Å². The maximum atomic E-state index is 13.3. The number of amides is 1. The average molecular weight is 345 g/mol. The van der Waals surface area contributed by atoms with Crippen molar-refractivity contribution < 1.29 is 23.8 Å². The Morgan fingerprint density at radius 2 is 1.88 bits per heavy atom. The average Bonchev–Trinajstić information content (AvgIpc) is 2.59. The van der Waals surface area contributed by atoms with E-state index in [1.165, 1.54) is 12.1 Å². The predicted octanol–water partition coefficient (Wildman–Crippen LogP) is 3.31. The molecule has 132 valence electrons. The van der Waals surface area contributed by atoms with Crippen LogP contribution in [0.4, 0.5) is 4.39 Å². The Kier molecular flexibility index (Phi) is 6.51. The minimum atomic E-state index is -0.844. The standard InChI is InChI=1S/C19H20FNO4/c1-13-4-7-15(20)11-17(13)19(24)21-12-14-5-8-16(9-6-14)25-10-2-3-18(22)23/h4-9,11H,2-3,10,12H2,1H3,(H,21,24)(H,22,23). The fourth-order valence-electron chi connectivity index (χ4n) is 2.23. The number of aliphatic carboxylic acids is 1. The highest BCUT2D eigenvalue weighted by atomic mass is 19.1. The summed E-state index contributed by atoms with van der Waals surface area (Å²) in [6, 6.07) is 11.3. The van der Waals surface area contributed by atoms with Gasteiger partial charge in [0.2, 0.25) is 0 Å². The predicted molar refractivity (Wildman–Crippen MR) is 91.1 cm³/mol. The molecule has 0 fully saturated rings. The van der Waals surface area contributed by atoms with Crippen LogP contribution in [0.15, 0.2) is 42.5 Å². The fourth-order valence-corrected chi connectivity index (χ4v) is 2.23. The highest BCUT2D eigenvalue weighted by molar-refractivity contribution is 5.95. The molecular weight excluding hydrogens is 325 g/mol. The maximum Gasteiger partial charge on any atom is 0.303 e. The molecule has 6 heteroatoms. The van der Waals surface area contributed by atoms with E-state index in [1.54, 1.807) is 25.1 Å². The van der Waals surface area contributed by atoms with Crippen LogP contribution in [0, 0.1) is 12.7 Å². The topological polar surface area (TPSA) is 75.6 Å². The molecule has 0 saturated heterocycles. The highest BCUT2D eigenvalue weighted by Crippen LogP contribution is 2.14. The van der Waals surface area contributed by atoms with Gasteiger partial charge < -0.3 is 15.2 Å². The molecule has 2 aromatic carbocycles. The fraction of sp³-hybridized carbons (Fsp3) is 0.263. The molecule has 0 saturated carbocycles. The number of hydrogen-bond donors (Lipinski definition) is 2. The summed E-state index contributed by atoms with van der Waals surface area (Å²) >= 11 is 0. The Morgan fingerprint density at radius 3 is 2.56 bits per heavy atom. The number of ether oxygens (including phenoxy) is 1. The molecule has 0 aliphatic heterocycles. The van der Waals surface area contributed by atoms with Gasteiger partial charge in [0.1, 0.15) is 11.6 Å². The van der Waals surface area contributed by atoms with Crippen LogP contribution in [-0.4, -0.2) is 23.6 Å². The van der Waals surface area contributed by atoms with Crippen molar-refractivity contribution in [1.82, 2.24) is 5.32 Å². The molecule has 0 heterocycles. The Balaban J connectivity index is 1.84. The van der Waals surface area contributed by atoms with Crippen LogP contribution in [0.1, 0.15) is 34.3 Å². The molecule has 0 radical (unpaired) electrons. The molecule has 25 heavy (non-hydrogen) atoms. The Morgan fingerprint density at radius 1 is 1.16 bits per heavy atom. The normalized spacial score (nSPS) is 10.3. The van der Waals surface area contributed by atoms with Gasteiger partial charge in [0.05, 0.1) is 6.61 Å². The summed E-state index contributed by atoms with van der Waals surface area (Å²) in [5, 5.41) is 11.3. The number of benzene rings is 2. The zero-order valence-corrected chi connectivity index (χ0v) is 13.9. The van der Waals surface area contributed by atoms with Crippen molar-refractivity contribution in [2.24, 2.45) is 0 Å². The molecule has 2 aromatic rings. The van der Waals surface area contributed by atoms with Crippen LogP contribution >= 0.6 is 0 Å². The van der Waals surface area contributed by atoms with E-state index in [0.717, 1.165) is 5.56 Å². The molecule has 2 rings (SSSR count). The molecule has 0 aliphatic carbocycles. The zero-order valence-electron chi connectivity index (χ0n) is 13.9. The minimum Gasteiger partial charge on any atom is -0.494 e. The smallest absolute Gasteiger partial charge is 0.303 e. The molecule has 0 atom stereocenters. The molecule has 0 bridgehead atoms. The molecule has 0 aromatic heterocycles. The summed E-state index contributed by atoms with van der Waals surface area (Å²) in [6.45, 7) is 2.40. The molecule has 1 amide bonds. The summed E-state index contributed by atoms with van der Waals surface area (Å²) in [5.41, 5.74) is 1.91. The Bertz CT molecular complexity index is 744. The summed E-state index contributed by atoms with van der Waals surface area (Å²) < 4.78 is 18.7. The van der Waals surface area contributed by atoms with Gasteiger partial charge in [-0.3, -0.25) is 9.59 Å². The lowest BCUT2D eigenvalue weighted by Crippen LogP contribution is -2.23. The maximum absolute atomic E-state index is 13.3. The molecule has 2 N–H and O–H groups in total. The van der Waals surface area contributed by atoms with Crippen molar-refractivity contribution in [2.75, 3.05) is 6.61 Å². The lowest BCUT2D eigenvalue weighted by Gasteiger charge is -2.09. The van der Waals surface area contributed by atoms with Gasteiger partial charge in [-0.2, -0.15) is 0 Å². The number of nitrogens with one attached hydrogen (secondary N) is 1. The Labute approximate surface area is 145 Å². The SMILES string of the molecule is Cc1ccc(F)cc1C(=O)NCc1ccc(OCCCC(=O)O)cc1. The first-order valence-corrected chi connectivity index (χ1v) is 7.93. The van der Waals surface area contributed by atoms with Gasteiger partial charge in [0.25, 0.3) is 5.91 Å². The van der Waals surface area contributed by atoms with E-state index in [-0.39, 0.29) is 12.3 Å². The van der Waals surface area contributed by atoms with Crippen molar-refractivity contribution in [3.63, 3.8) is 0 Å². The van der Waals surface area contributed by atoms with Gasteiger partial charge in [-0.25, -0.2) is 4.39 Å². The molecule has 5 nitrogen and oxygen atoms in total. The van der Waals surface area contributed by atoms with E-state index < -0.39 is 11.8 Å². The number of halogens is 1. The van der Waals surface area contributed by atoms with Crippen LogP contribution < -0.4 is 10.1 Å². The van der Waals surface area contributed by atoms with E-state index in [0.29, 0.717) is 36.4 Å². The van der Waals surface area contributed by atoms with Crippen molar-refractivity contribution in [2.45, 2.75) is 26.3 Å². The van der Waals surface area contributed by atoms with Gasteiger partial charge in [-0.05, 0) is 48.7 Å².